The van der Waals surface area contributed by atoms with Crippen LogP contribution in [0.15, 0.2) is 12.2 Å². The first-order valence-electron chi connectivity index (χ1n) is 8.21. The standard InChI is InChI=1S/C18H30O3/c1-2-3-11-14-17(19)15-12-9-7-5-4-6-8-10-13-16-18(20)21/h12,15,17,19H,2-6,8,10-11,13-14,16H2,1H3,(H,20,21)/b15-12+/t17-/m0/s1. The van der Waals surface area contributed by atoms with Crippen molar-refractivity contribution in [3.8, 4) is 11.8 Å². The van der Waals surface area contributed by atoms with E-state index in [0.29, 0.717) is 0 Å². The summed E-state index contributed by atoms with van der Waals surface area (Å²) in [6, 6.07) is 0. The fraction of sp³-hybridized carbons (Fsp3) is 0.722. The summed E-state index contributed by atoms with van der Waals surface area (Å²) in [6.07, 6.45) is 13.6. The van der Waals surface area contributed by atoms with Crippen LogP contribution in [-0.4, -0.2) is 22.3 Å². The van der Waals surface area contributed by atoms with E-state index in [1.807, 2.05) is 0 Å². The quantitative estimate of drug-likeness (QED) is 0.417. The lowest BCUT2D eigenvalue weighted by molar-refractivity contribution is -0.137. The van der Waals surface area contributed by atoms with Gasteiger partial charge in [0.1, 0.15) is 0 Å². The van der Waals surface area contributed by atoms with Gasteiger partial charge in [-0.25, -0.2) is 0 Å². The van der Waals surface area contributed by atoms with E-state index in [-0.39, 0.29) is 12.5 Å². The van der Waals surface area contributed by atoms with Crippen molar-refractivity contribution in [2.75, 3.05) is 0 Å². The minimum atomic E-state index is -0.704. The highest BCUT2D eigenvalue weighted by Crippen LogP contribution is 2.07. The molecule has 0 unspecified atom stereocenters. The van der Waals surface area contributed by atoms with E-state index in [2.05, 4.69) is 18.8 Å². The molecule has 0 aromatic rings. The summed E-state index contributed by atoms with van der Waals surface area (Å²) < 4.78 is 0. The van der Waals surface area contributed by atoms with Crippen LogP contribution in [0.4, 0.5) is 0 Å². The molecule has 0 saturated carbocycles. The molecule has 120 valence electrons. The third kappa shape index (κ3) is 16.7. The molecule has 3 heteroatoms. The van der Waals surface area contributed by atoms with Crippen LogP contribution in [0.5, 0.6) is 0 Å². The van der Waals surface area contributed by atoms with Gasteiger partial charge in [0.15, 0.2) is 0 Å². The number of aliphatic hydroxyl groups is 1. The Bertz CT molecular complexity index is 336. The first-order chi connectivity index (χ1) is 10.2. The third-order valence-electron chi connectivity index (χ3n) is 3.30. The van der Waals surface area contributed by atoms with Crippen LogP contribution in [0.2, 0.25) is 0 Å². The zero-order valence-corrected chi connectivity index (χ0v) is 13.3. The van der Waals surface area contributed by atoms with Gasteiger partial charge in [-0.3, -0.25) is 4.79 Å². The maximum Gasteiger partial charge on any atom is 0.303 e. The predicted molar refractivity (Wildman–Crippen MR) is 87.0 cm³/mol. The Morgan fingerprint density at radius 1 is 1.10 bits per heavy atom. The van der Waals surface area contributed by atoms with Crippen molar-refractivity contribution in [3.63, 3.8) is 0 Å². The van der Waals surface area contributed by atoms with Crippen molar-refractivity contribution >= 4 is 5.97 Å². The zero-order chi connectivity index (χ0) is 15.8. The zero-order valence-electron chi connectivity index (χ0n) is 13.3. The second-order valence-corrected chi connectivity index (χ2v) is 5.40. The summed E-state index contributed by atoms with van der Waals surface area (Å²) in [5.74, 6) is 5.33. The van der Waals surface area contributed by atoms with Gasteiger partial charge in [-0.2, -0.15) is 0 Å². The van der Waals surface area contributed by atoms with Crippen molar-refractivity contribution in [3.05, 3.63) is 12.2 Å². The molecule has 0 aliphatic rings. The molecular formula is C18H30O3. The van der Waals surface area contributed by atoms with Gasteiger partial charge < -0.3 is 10.2 Å². The van der Waals surface area contributed by atoms with Crippen molar-refractivity contribution in [1.29, 1.82) is 0 Å². The third-order valence-corrected chi connectivity index (χ3v) is 3.30. The summed E-state index contributed by atoms with van der Waals surface area (Å²) in [5.41, 5.74) is 0. The normalized spacial score (nSPS) is 12.1. The fourth-order valence-electron chi connectivity index (χ4n) is 2.01. The van der Waals surface area contributed by atoms with Gasteiger partial charge in [0, 0.05) is 12.8 Å². The molecule has 0 heterocycles. The number of allylic oxidation sites excluding steroid dienone is 1. The van der Waals surface area contributed by atoms with Crippen LogP contribution in [0, 0.1) is 11.8 Å². The van der Waals surface area contributed by atoms with Crippen molar-refractivity contribution < 1.29 is 15.0 Å². The lowest BCUT2D eigenvalue weighted by Crippen LogP contribution is -2.00. The van der Waals surface area contributed by atoms with E-state index >= 15 is 0 Å². The lowest BCUT2D eigenvalue weighted by atomic mass is 10.1. The number of aliphatic hydroxyl groups excluding tert-OH is 1. The number of aliphatic carboxylic acids is 1. The van der Waals surface area contributed by atoms with Gasteiger partial charge in [0.2, 0.25) is 0 Å². The summed E-state index contributed by atoms with van der Waals surface area (Å²) in [7, 11) is 0. The summed E-state index contributed by atoms with van der Waals surface area (Å²) >= 11 is 0. The minimum absolute atomic E-state index is 0.283. The monoisotopic (exact) mass is 294 g/mol. The number of carboxylic acids is 1. The van der Waals surface area contributed by atoms with E-state index in [1.54, 1.807) is 12.2 Å². The van der Waals surface area contributed by atoms with E-state index in [1.165, 1.54) is 12.8 Å². The Kier molecular flexibility index (Phi) is 14.2. The first kappa shape index (κ1) is 19.7. The number of hydrogen-bond acceptors (Lipinski definition) is 2. The molecule has 0 saturated heterocycles. The lowest BCUT2D eigenvalue weighted by Gasteiger charge is -2.02. The smallest absolute Gasteiger partial charge is 0.303 e. The number of rotatable bonds is 12. The highest BCUT2D eigenvalue weighted by Gasteiger charge is 1.97. The molecule has 0 aliphatic heterocycles. The van der Waals surface area contributed by atoms with Crippen LogP contribution >= 0.6 is 0 Å². The van der Waals surface area contributed by atoms with Crippen LogP contribution in [0.3, 0.4) is 0 Å². The van der Waals surface area contributed by atoms with E-state index in [0.717, 1.165) is 51.4 Å². The molecule has 0 spiro atoms. The average molecular weight is 294 g/mol. The summed E-state index contributed by atoms with van der Waals surface area (Å²) in [4.78, 5) is 10.3. The molecule has 21 heavy (non-hydrogen) atoms. The second kappa shape index (κ2) is 15.1. The molecule has 0 amide bonds. The number of carbonyl (C=O) groups is 1. The summed E-state index contributed by atoms with van der Waals surface area (Å²) in [6.45, 7) is 2.15. The largest absolute Gasteiger partial charge is 0.481 e. The molecule has 0 aromatic heterocycles. The number of unbranched alkanes of at least 4 members (excludes halogenated alkanes) is 7. The van der Waals surface area contributed by atoms with Gasteiger partial charge in [-0.15, -0.1) is 0 Å². The van der Waals surface area contributed by atoms with Crippen molar-refractivity contribution in [1.82, 2.24) is 0 Å². The highest BCUT2D eigenvalue weighted by molar-refractivity contribution is 5.66. The maximum atomic E-state index is 10.3. The van der Waals surface area contributed by atoms with E-state index in [4.69, 9.17) is 5.11 Å². The van der Waals surface area contributed by atoms with Gasteiger partial charge >= 0.3 is 5.97 Å². The molecule has 0 fully saturated rings. The van der Waals surface area contributed by atoms with Gasteiger partial charge in [-0.05, 0) is 31.4 Å². The van der Waals surface area contributed by atoms with Crippen LogP contribution < -0.4 is 0 Å². The maximum absolute atomic E-state index is 10.3. The Hall–Kier alpha value is -1.27. The summed E-state index contributed by atoms with van der Waals surface area (Å²) in [5, 5.41) is 18.1. The molecule has 0 radical (unpaired) electrons. The molecule has 0 aliphatic carbocycles. The predicted octanol–water partition coefficient (Wildman–Crippen LogP) is 4.30. The van der Waals surface area contributed by atoms with Gasteiger partial charge in [-0.1, -0.05) is 57.3 Å². The van der Waals surface area contributed by atoms with E-state index < -0.39 is 5.97 Å². The average Bonchev–Trinajstić information content (AvgIpc) is 2.44. The minimum Gasteiger partial charge on any atom is -0.481 e. The molecule has 0 rings (SSSR count). The Morgan fingerprint density at radius 2 is 1.81 bits per heavy atom. The molecule has 0 aromatic carbocycles. The Morgan fingerprint density at radius 3 is 2.52 bits per heavy atom. The fourth-order valence-corrected chi connectivity index (χ4v) is 2.01. The Labute approximate surface area is 129 Å². The van der Waals surface area contributed by atoms with Crippen LogP contribution in [-0.2, 0) is 4.79 Å². The number of carboxylic acid groups (broad SMARTS) is 1. The molecular weight excluding hydrogens is 264 g/mol. The van der Waals surface area contributed by atoms with Gasteiger partial charge in [0.05, 0.1) is 6.10 Å². The molecule has 1 atom stereocenters. The SMILES string of the molecule is CCCCC[C@H](O)/C=C/C#CCCCCCCCC(=O)O. The number of hydrogen-bond donors (Lipinski definition) is 2. The molecule has 0 bridgehead atoms. The van der Waals surface area contributed by atoms with E-state index in [9.17, 15) is 9.90 Å². The van der Waals surface area contributed by atoms with Gasteiger partial charge in [0.25, 0.3) is 0 Å². The van der Waals surface area contributed by atoms with Crippen LogP contribution in [0.1, 0.15) is 77.6 Å². The molecule has 3 nitrogen and oxygen atoms in total. The first-order valence-corrected chi connectivity index (χ1v) is 8.21. The Balaban J connectivity index is 3.42. The highest BCUT2D eigenvalue weighted by atomic mass is 16.4. The second-order valence-electron chi connectivity index (χ2n) is 5.40. The van der Waals surface area contributed by atoms with Crippen LogP contribution in [0.25, 0.3) is 0 Å². The van der Waals surface area contributed by atoms with Crippen molar-refractivity contribution in [2.24, 2.45) is 0 Å². The van der Waals surface area contributed by atoms with Crippen molar-refractivity contribution in [2.45, 2.75) is 83.7 Å². The topological polar surface area (TPSA) is 57.5 Å². The molecule has 2 N–H and O–H groups in total.